The van der Waals surface area contributed by atoms with Crippen molar-refractivity contribution in [1.29, 1.82) is 0 Å². The van der Waals surface area contributed by atoms with Gasteiger partial charge in [0.15, 0.2) is 6.10 Å². The summed E-state index contributed by atoms with van der Waals surface area (Å²) in [5, 5.41) is 0. The van der Waals surface area contributed by atoms with Gasteiger partial charge >= 0.3 is 17.9 Å². The molecule has 1 atom stereocenters. The van der Waals surface area contributed by atoms with Crippen molar-refractivity contribution in [3.8, 4) is 0 Å². The summed E-state index contributed by atoms with van der Waals surface area (Å²) in [4.78, 5) is 37.9. The van der Waals surface area contributed by atoms with Gasteiger partial charge in [-0.05, 0) is 44.9 Å². The molecule has 6 nitrogen and oxygen atoms in total. The van der Waals surface area contributed by atoms with Crippen molar-refractivity contribution < 1.29 is 28.6 Å². The number of hydrogen-bond donors (Lipinski definition) is 0. The van der Waals surface area contributed by atoms with Gasteiger partial charge < -0.3 is 14.2 Å². The second-order valence-electron chi connectivity index (χ2n) is 20.3. The van der Waals surface area contributed by atoms with Crippen molar-refractivity contribution in [2.24, 2.45) is 0 Å². The predicted molar refractivity (Wildman–Crippen MR) is 284 cm³/mol. The summed E-state index contributed by atoms with van der Waals surface area (Å²) in [5.74, 6) is -0.863. The highest BCUT2D eigenvalue weighted by Crippen LogP contribution is 2.18. The summed E-state index contributed by atoms with van der Waals surface area (Å²) in [6.45, 7) is 6.63. The minimum Gasteiger partial charge on any atom is -0.462 e. The third kappa shape index (κ3) is 53.1. The molecule has 390 valence electrons. The molecule has 0 heterocycles. The van der Waals surface area contributed by atoms with E-state index >= 15 is 0 Å². The number of unbranched alkanes of at least 4 members (excludes halogenated alkanes) is 42. The van der Waals surface area contributed by atoms with Gasteiger partial charge in [0.1, 0.15) is 13.2 Å². The van der Waals surface area contributed by atoms with Crippen LogP contribution in [0, 0.1) is 0 Å². The fourth-order valence-corrected chi connectivity index (χ4v) is 9.03. The smallest absolute Gasteiger partial charge is 0.306 e. The molecule has 0 aliphatic rings. The van der Waals surface area contributed by atoms with E-state index in [4.69, 9.17) is 14.2 Å². The zero-order chi connectivity index (χ0) is 47.9. The molecule has 0 aliphatic carbocycles. The SMILES string of the molecule is CCCCC/C=C\CCCCCCCC(=O)OC(COC(=O)CCCCCCCCCC)COC(=O)CCCCCCCCCCCCCCCCCCCCCCCCCCCCCC. The summed E-state index contributed by atoms with van der Waals surface area (Å²) >= 11 is 0. The summed E-state index contributed by atoms with van der Waals surface area (Å²) in [5.41, 5.74) is 0. The lowest BCUT2D eigenvalue weighted by Gasteiger charge is -2.18. The quantitative estimate of drug-likeness (QED) is 0.0262. The van der Waals surface area contributed by atoms with Crippen molar-refractivity contribution in [3.63, 3.8) is 0 Å². The van der Waals surface area contributed by atoms with Crippen molar-refractivity contribution >= 4 is 17.9 Å². The highest BCUT2D eigenvalue weighted by Gasteiger charge is 2.19. The number of esters is 3. The highest BCUT2D eigenvalue weighted by atomic mass is 16.6. The molecule has 66 heavy (non-hydrogen) atoms. The number of carbonyl (C=O) groups excluding carboxylic acids is 3. The van der Waals surface area contributed by atoms with Crippen molar-refractivity contribution in [3.05, 3.63) is 12.2 Å². The van der Waals surface area contributed by atoms with Gasteiger partial charge in [-0.3, -0.25) is 14.4 Å². The lowest BCUT2D eigenvalue weighted by Crippen LogP contribution is -2.30. The molecule has 0 aromatic carbocycles. The Bertz CT molecular complexity index is 1020. The van der Waals surface area contributed by atoms with Crippen LogP contribution >= 0.6 is 0 Å². The van der Waals surface area contributed by atoms with Crippen LogP contribution in [0.5, 0.6) is 0 Å². The van der Waals surface area contributed by atoms with Gasteiger partial charge in [-0.1, -0.05) is 283 Å². The van der Waals surface area contributed by atoms with E-state index in [0.717, 1.165) is 64.2 Å². The first-order chi connectivity index (χ1) is 32.5. The largest absolute Gasteiger partial charge is 0.462 e. The molecule has 0 spiro atoms. The first-order valence-corrected chi connectivity index (χ1v) is 29.7. The first kappa shape index (κ1) is 64.2. The molecule has 0 amide bonds. The van der Waals surface area contributed by atoms with E-state index < -0.39 is 6.10 Å². The van der Waals surface area contributed by atoms with E-state index in [1.807, 2.05) is 0 Å². The Labute approximate surface area is 411 Å². The fourth-order valence-electron chi connectivity index (χ4n) is 9.03. The Morgan fingerprint density at radius 3 is 0.788 bits per heavy atom. The molecular formula is C60H114O6. The fraction of sp³-hybridized carbons (Fsp3) is 0.917. The molecule has 0 bridgehead atoms. The van der Waals surface area contributed by atoms with Crippen LogP contribution in [-0.2, 0) is 28.6 Å². The predicted octanol–water partition coefficient (Wildman–Crippen LogP) is 19.7. The second-order valence-corrected chi connectivity index (χ2v) is 20.3. The number of rotatable bonds is 55. The molecule has 0 rings (SSSR count). The van der Waals surface area contributed by atoms with Gasteiger partial charge in [0.25, 0.3) is 0 Å². The van der Waals surface area contributed by atoms with Gasteiger partial charge in [0.2, 0.25) is 0 Å². The monoisotopic (exact) mass is 931 g/mol. The lowest BCUT2D eigenvalue weighted by molar-refractivity contribution is -0.167. The minimum atomic E-state index is -0.767. The molecular weight excluding hydrogens is 817 g/mol. The van der Waals surface area contributed by atoms with E-state index in [-0.39, 0.29) is 31.1 Å². The van der Waals surface area contributed by atoms with Gasteiger partial charge in [-0.15, -0.1) is 0 Å². The Hall–Kier alpha value is -1.85. The zero-order valence-electron chi connectivity index (χ0n) is 44.7. The highest BCUT2D eigenvalue weighted by molar-refractivity contribution is 5.71. The van der Waals surface area contributed by atoms with Crippen LogP contribution in [0.2, 0.25) is 0 Å². The van der Waals surface area contributed by atoms with Crippen LogP contribution in [-0.4, -0.2) is 37.2 Å². The summed E-state index contributed by atoms with van der Waals surface area (Å²) in [7, 11) is 0. The number of carbonyl (C=O) groups is 3. The van der Waals surface area contributed by atoms with Crippen LogP contribution < -0.4 is 0 Å². The van der Waals surface area contributed by atoms with Gasteiger partial charge in [-0.25, -0.2) is 0 Å². The van der Waals surface area contributed by atoms with Crippen LogP contribution in [0.1, 0.15) is 335 Å². The molecule has 0 radical (unpaired) electrons. The van der Waals surface area contributed by atoms with E-state index in [1.54, 1.807) is 0 Å². The number of hydrogen-bond acceptors (Lipinski definition) is 6. The molecule has 0 saturated heterocycles. The maximum absolute atomic E-state index is 12.8. The van der Waals surface area contributed by atoms with Crippen LogP contribution in [0.25, 0.3) is 0 Å². The topological polar surface area (TPSA) is 78.9 Å². The molecule has 0 fully saturated rings. The minimum absolute atomic E-state index is 0.0683. The zero-order valence-corrected chi connectivity index (χ0v) is 44.7. The van der Waals surface area contributed by atoms with Crippen molar-refractivity contribution in [2.75, 3.05) is 13.2 Å². The van der Waals surface area contributed by atoms with Crippen LogP contribution in [0.3, 0.4) is 0 Å². The van der Waals surface area contributed by atoms with Crippen molar-refractivity contribution in [2.45, 2.75) is 341 Å². The standard InChI is InChI=1S/C60H114O6/c1-4-7-10-13-16-19-21-23-24-25-26-27-28-29-30-31-32-33-34-35-36-37-38-40-41-44-47-50-53-59(62)65-56-57(55-64-58(61)52-49-46-43-18-15-12-9-6-3)66-60(63)54-51-48-45-42-39-22-20-17-14-11-8-5-2/h17,20,57H,4-16,18-19,21-56H2,1-3H3/b20-17-. The number of ether oxygens (including phenoxy) is 3. The van der Waals surface area contributed by atoms with Crippen LogP contribution in [0.15, 0.2) is 12.2 Å². The van der Waals surface area contributed by atoms with Gasteiger partial charge in [-0.2, -0.15) is 0 Å². The van der Waals surface area contributed by atoms with Gasteiger partial charge in [0, 0.05) is 19.3 Å². The van der Waals surface area contributed by atoms with E-state index in [1.165, 1.54) is 231 Å². The number of allylic oxidation sites excluding steroid dienone is 2. The molecule has 6 heteroatoms. The second kappa shape index (κ2) is 55.7. The molecule has 0 aliphatic heterocycles. The maximum Gasteiger partial charge on any atom is 0.306 e. The molecule has 1 unspecified atom stereocenters. The molecule has 0 saturated carbocycles. The lowest BCUT2D eigenvalue weighted by atomic mass is 10.0. The summed E-state index contributed by atoms with van der Waals surface area (Å²) < 4.78 is 16.8. The third-order valence-electron chi connectivity index (χ3n) is 13.5. The van der Waals surface area contributed by atoms with Crippen molar-refractivity contribution in [1.82, 2.24) is 0 Å². The molecule has 0 N–H and O–H groups in total. The average molecular weight is 932 g/mol. The normalized spacial score (nSPS) is 12.0. The third-order valence-corrected chi connectivity index (χ3v) is 13.5. The molecule has 0 aromatic heterocycles. The molecule has 0 aromatic rings. The van der Waals surface area contributed by atoms with Crippen LogP contribution in [0.4, 0.5) is 0 Å². The maximum atomic E-state index is 12.8. The summed E-state index contributed by atoms with van der Waals surface area (Å²) in [6.07, 6.45) is 63.9. The Morgan fingerprint density at radius 1 is 0.288 bits per heavy atom. The van der Waals surface area contributed by atoms with E-state index in [9.17, 15) is 14.4 Å². The first-order valence-electron chi connectivity index (χ1n) is 29.7. The van der Waals surface area contributed by atoms with Gasteiger partial charge in [0.05, 0.1) is 0 Å². The average Bonchev–Trinajstić information content (AvgIpc) is 3.31. The Morgan fingerprint density at radius 2 is 0.500 bits per heavy atom. The van der Waals surface area contributed by atoms with E-state index in [2.05, 4.69) is 32.9 Å². The summed E-state index contributed by atoms with van der Waals surface area (Å²) in [6, 6.07) is 0. The Balaban J connectivity index is 4.00. The van der Waals surface area contributed by atoms with E-state index in [0.29, 0.717) is 19.3 Å². The Kier molecular flexibility index (Phi) is 54.2.